The summed E-state index contributed by atoms with van der Waals surface area (Å²) in [6, 6.07) is 3.64. The highest BCUT2D eigenvalue weighted by Crippen LogP contribution is 2.12. The van der Waals surface area contributed by atoms with Crippen LogP contribution in [0.1, 0.15) is 25.3 Å². The Morgan fingerprint density at radius 1 is 1.47 bits per heavy atom. The molecule has 2 rings (SSSR count). The summed E-state index contributed by atoms with van der Waals surface area (Å²) in [6.07, 6.45) is 1.60. The molecule has 2 N–H and O–H groups in total. The molecule has 0 bridgehead atoms. The number of benzene rings is 1. The van der Waals surface area contributed by atoms with E-state index in [9.17, 15) is 13.6 Å². The van der Waals surface area contributed by atoms with E-state index < -0.39 is 11.6 Å². The molecule has 1 aromatic carbocycles. The highest BCUT2D eigenvalue weighted by atomic mass is 19.1. The molecule has 104 valence electrons. The molecular weight excluding hydrogens is 250 g/mol. The molecule has 1 aliphatic heterocycles. The fraction of sp³-hybridized carbons (Fsp3) is 0.500. The Morgan fingerprint density at radius 2 is 2.26 bits per heavy atom. The molecular formula is C14H18F2N2O. The number of amides is 1. The lowest BCUT2D eigenvalue weighted by Gasteiger charge is -2.28. The number of carbonyl (C=O) groups excluding carboxylic acids is 1. The summed E-state index contributed by atoms with van der Waals surface area (Å²) in [5.74, 6) is -1.33. The molecule has 1 heterocycles. The van der Waals surface area contributed by atoms with Crippen LogP contribution in [0.2, 0.25) is 0 Å². The van der Waals surface area contributed by atoms with E-state index in [0.29, 0.717) is 6.04 Å². The molecule has 1 fully saturated rings. The lowest BCUT2D eigenvalue weighted by atomic mass is 10.0. The van der Waals surface area contributed by atoms with Crippen molar-refractivity contribution < 1.29 is 13.6 Å². The van der Waals surface area contributed by atoms with Gasteiger partial charge in [0.25, 0.3) is 0 Å². The first-order valence-corrected chi connectivity index (χ1v) is 6.51. The molecule has 19 heavy (non-hydrogen) atoms. The van der Waals surface area contributed by atoms with Crippen LogP contribution in [0.5, 0.6) is 0 Å². The summed E-state index contributed by atoms with van der Waals surface area (Å²) in [7, 11) is 0. The predicted molar refractivity (Wildman–Crippen MR) is 68.7 cm³/mol. The van der Waals surface area contributed by atoms with Crippen LogP contribution in [-0.4, -0.2) is 24.5 Å². The Kier molecular flexibility index (Phi) is 4.47. The van der Waals surface area contributed by atoms with Crippen LogP contribution in [0.4, 0.5) is 8.78 Å². The van der Waals surface area contributed by atoms with E-state index in [2.05, 4.69) is 17.6 Å². The van der Waals surface area contributed by atoms with Crippen LogP contribution in [0.3, 0.4) is 0 Å². The van der Waals surface area contributed by atoms with Crippen LogP contribution >= 0.6 is 0 Å². The maximum Gasteiger partial charge on any atom is 0.224 e. The summed E-state index contributed by atoms with van der Waals surface area (Å²) in [5, 5.41) is 6.17. The van der Waals surface area contributed by atoms with E-state index >= 15 is 0 Å². The Labute approximate surface area is 111 Å². The van der Waals surface area contributed by atoms with Gasteiger partial charge in [-0.1, -0.05) is 0 Å². The molecule has 0 aliphatic carbocycles. The topological polar surface area (TPSA) is 41.1 Å². The lowest BCUT2D eigenvalue weighted by Crippen LogP contribution is -2.47. The van der Waals surface area contributed by atoms with Gasteiger partial charge < -0.3 is 10.6 Å². The van der Waals surface area contributed by atoms with Gasteiger partial charge in [-0.15, -0.1) is 0 Å². The van der Waals surface area contributed by atoms with Gasteiger partial charge >= 0.3 is 0 Å². The molecule has 1 amide bonds. The quantitative estimate of drug-likeness (QED) is 0.877. The van der Waals surface area contributed by atoms with Crippen molar-refractivity contribution in [1.29, 1.82) is 0 Å². The van der Waals surface area contributed by atoms with Crippen molar-refractivity contribution in [2.75, 3.05) is 6.54 Å². The number of carbonyl (C=O) groups is 1. The summed E-state index contributed by atoms with van der Waals surface area (Å²) in [4.78, 5) is 11.8. The van der Waals surface area contributed by atoms with Gasteiger partial charge in [-0.3, -0.25) is 4.79 Å². The molecule has 0 radical (unpaired) electrons. The third kappa shape index (κ3) is 3.99. The predicted octanol–water partition coefficient (Wildman–Crippen LogP) is 1.76. The highest BCUT2D eigenvalue weighted by molar-refractivity contribution is 5.78. The normalized spacial score (nSPS) is 23.1. The number of piperidine rings is 1. The van der Waals surface area contributed by atoms with E-state index in [1.165, 1.54) is 0 Å². The van der Waals surface area contributed by atoms with E-state index in [1.54, 1.807) is 0 Å². The number of nitrogens with one attached hydrogen (secondary N) is 2. The van der Waals surface area contributed by atoms with E-state index in [0.717, 1.165) is 37.6 Å². The van der Waals surface area contributed by atoms with Gasteiger partial charge in [-0.25, -0.2) is 8.78 Å². The first-order chi connectivity index (χ1) is 9.04. The fourth-order valence-corrected chi connectivity index (χ4v) is 2.39. The molecule has 0 aromatic heterocycles. The average Bonchev–Trinajstić information content (AvgIpc) is 2.34. The maximum absolute atomic E-state index is 13.4. The molecule has 0 spiro atoms. The van der Waals surface area contributed by atoms with Crippen LogP contribution in [0.25, 0.3) is 0 Å². The molecule has 2 atom stereocenters. The second kappa shape index (κ2) is 6.10. The molecule has 1 aromatic rings. The average molecular weight is 268 g/mol. The highest BCUT2D eigenvalue weighted by Gasteiger charge is 2.20. The minimum atomic E-state index is -0.546. The number of hydrogen-bond acceptors (Lipinski definition) is 2. The Morgan fingerprint density at radius 3 is 3.00 bits per heavy atom. The second-order valence-electron chi connectivity index (χ2n) is 5.06. The Bertz CT molecular complexity index is 465. The fourth-order valence-electron chi connectivity index (χ4n) is 2.39. The third-order valence-corrected chi connectivity index (χ3v) is 3.35. The minimum Gasteiger partial charge on any atom is -0.353 e. The third-order valence-electron chi connectivity index (χ3n) is 3.35. The van der Waals surface area contributed by atoms with E-state index in [4.69, 9.17) is 0 Å². The molecule has 2 unspecified atom stereocenters. The van der Waals surface area contributed by atoms with Gasteiger partial charge in [0.1, 0.15) is 11.6 Å². The zero-order chi connectivity index (χ0) is 13.8. The number of halogens is 2. The first-order valence-electron chi connectivity index (χ1n) is 6.51. The van der Waals surface area contributed by atoms with Crippen molar-refractivity contribution in [3.05, 3.63) is 35.4 Å². The molecule has 1 saturated heterocycles. The maximum atomic E-state index is 13.4. The van der Waals surface area contributed by atoms with Gasteiger partial charge in [0.2, 0.25) is 5.91 Å². The van der Waals surface area contributed by atoms with E-state index in [1.807, 2.05) is 0 Å². The van der Waals surface area contributed by atoms with Crippen molar-refractivity contribution in [3.8, 4) is 0 Å². The second-order valence-corrected chi connectivity index (χ2v) is 5.06. The minimum absolute atomic E-state index is 0.0967. The molecule has 0 saturated carbocycles. The number of hydrogen-bond donors (Lipinski definition) is 2. The van der Waals surface area contributed by atoms with Crippen molar-refractivity contribution in [1.82, 2.24) is 10.6 Å². The lowest BCUT2D eigenvalue weighted by molar-refractivity contribution is -0.121. The van der Waals surface area contributed by atoms with Crippen LogP contribution in [0, 0.1) is 11.6 Å². The van der Waals surface area contributed by atoms with Gasteiger partial charge in [0, 0.05) is 17.6 Å². The van der Waals surface area contributed by atoms with Gasteiger partial charge in [-0.2, -0.15) is 0 Å². The summed E-state index contributed by atoms with van der Waals surface area (Å²) in [6.45, 7) is 2.92. The zero-order valence-corrected chi connectivity index (χ0v) is 10.9. The van der Waals surface area contributed by atoms with Gasteiger partial charge in [0.15, 0.2) is 0 Å². The smallest absolute Gasteiger partial charge is 0.224 e. The summed E-state index contributed by atoms with van der Waals surface area (Å²) >= 11 is 0. The summed E-state index contributed by atoms with van der Waals surface area (Å²) in [5.41, 5.74) is 0.0967. The van der Waals surface area contributed by atoms with Crippen molar-refractivity contribution >= 4 is 5.91 Å². The SMILES string of the molecule is CC1CC(NC(=O)Cc2cc(F)ccc2F)CCN1. The zero-order valence-electron chi connectivity index (χ0n) is 10.9. The van der Waals surface area contributed by atoms with Crippen molar-refractivity contribution in [2.45, 2.75) is 38.3 Å². The van der Waals surface area contributed by atoms with Crippen LogP contribution in [0.15, 0.2) is 18.2 Å². The Hall–Kier alpha value is -1.49. The van der Waals surface area contributed by atoms with Gasteiger partial charge in [-0.05, 0) is 44.5 Å². The standard InChI is InChI=1S/C14H18F2N2O/c1-9-6-12(4-5-17-9)18-14(19)8-10-7-11(15)2-3-13(10)16/h2-3,7,9,12,17H,4-6,8H2,1H3,(H,18,19). The van der Waals surface area contributed by atoms with Crippen LogP contribution in [-0.2, 0) is 11.2 Å². The van der Waals surface area contributed by atoms with Crippen molar-refractivity contribution in [3.63, 3.8) is 0 Å². The van der Waals surface area contributed by atoms with Gasteiger partial charge in [0.05, 0.1) is 6.42 Å². The molecule has 5 heteroatoms. The van der Waals surface area contributed by atoms with Crippen molar-refractivity contribution in [2.24, 2.45) is 0 Å². The van der Waals surface area contributed by atoms with Crippen LogP contribution < -0.4 is 10.6 Å². The largest absolute Gasteiger partial charge is 0.353 e. The van der Waals surface area contributed by atoms with E-state index in [-0.39, 0.29) is 23.9 Å². The summed E-state index contributed by atoms with van der Waals surface area (Å²) < 4.78 is 26.4. The molecule has 3 nitrogen and oxygen atoms in total. The number of rotatable bonds is 3. The Balaban J connectivity index is 1.92. The first kappa shape index (κ1) is 13.9. The monoisotopic (exact) mass is 268 g/mol. The molecule has 1 aliphatic rings.